The molecule has 0 aliphatic heterocycles. The Morgan fingerprint density at radius 3 is 2.14 bits per heavy atom. The summed E-state index contributed by atoms with van der Waals surface area (Å²) in [6.07, 6.45) is 0.115. The number of rotatable bonds is 4. The zero-order chi connectivity index (χ0) is 15.6. The predicted octanol–water partition coefficient (Wildman–Crippen LogP) is 4.20. The standard InChI is InChI=1S/C19H24O2/c1-12-8-14(3)17(15(4)9-12)11-18(20)16-7-6-13(2)19(10-16)21-5/h6-10,18,20H,11H2,1-5H3. The lowest BCUT2D eigenvalue weighted by atomic mass is 9.92. The highest BCUT2D eigenvalue weighted by atomic mass is 16.5. The summed E-state index contributed by atoms with van der Waals surface area (Å²) in [5.74, 6) is 0.823. The lowest BCUT2D eigenvalue weighted by Crippen LogP contribution is -2.06. The first-order valence-electron chi connectivity index (χ1n) is 7.31. The predicted molar refractivity (Wildman–Crippen MR) is 87.0 cm³/mol. The van der Waals surface area contributed by atoms with Crippen molar-refractivity contribution in [2.24, 2.45) is 0 Å². The Kier molecular flexibility index (Phi) is 4.69. The van der Waals surface area contributed by atoms with Gasteiger partial charge in [-0.25, -0.2) is 0 Å². The van der Waals surface area contributed by atoms with Crippen LogP contribution in [0.2, 0.25) is 0 Å². The van der Waals surface area contributed by atoms with E-state index in [0.717, 1.165) is 16.9 Å². The fourth-order valence-electron chi connectivity index (χ4n) is 2.89. The van der Waals surface area contributed by atoms with Crippen LogP contribution in [-0.4, -0.2) is 12.2 Å². The van der Waals surface area contributed by atoms with Gasteiger partial charge in [0.05, 0.1) is 13.2 Å². The minimum Gasteiger partial charge on any atom is -0.496 e. The molecular weight excluding hydrogens is 260 g/mol. The molecule has 1 atom stereocenters. The molecule has 0 saturated carbocycles. The van der Waals surface area contributed by atoms with Crippen LogP contribution in [0.15, 0.2) is 30.3 Å². The van der Waals surface area contributed by atoms with E-state index in [-0.39, 0.29) is 0 Å². The van der Waals surface area contributed by atoms with Crippen LogP contribution in [-0.2, 0) is 6.42 Å². The summed E-state index contributed by atoms with van der Waals surface area (Å²) in [7, 11) is 1.66. The number of hydrogen-bond donors (Lipinski definition) is 1. The second-order valence-corrected chi connectivity index (χ2v) is 5.83. The lowest BCUT2D eigenvalue weighted by molar-refractivity contribution is 0.177. The summed E-state index contributed by atoms with van der Waals surface area (Å²) < 4.78 is 5.34. The van der Waals surface area contributed by atoms with Crippen molar-refractivity contribution in [3.8, 4) is 5.75 Å². The monoisotopic (exact) mass is 284 g/mol. The maximum Gasteiger partial charge on any atom is 0.122 e. The third-order valence-corrected chi connectivity index (χ3v) is 4.05. The molecule has 0 aliphatic carbocycles. The Morgan fingerprint density at radius 2 is 1.57 bits per heavy atom. The molecule has 0 heterocycles. The maximum absolute atomic E-state index is 10.5. The van der Waals surface area contributed by atoms with Gasteiger partial charge in [-0.15, -0.1) is 0 Å². The molecule has 0 saturated heterocycles. The molecule has 0 spiro atoms. The molecule has 112 valence electrons. The van der Waals surface area contributed by atoms with Gasteiger partial charge in [0, 0.05) is 6.42 Å². The molecule has 0 amide bonds. The fraction of sp³-hybridized carbons (Fsp3) is 0.368. The van der Waals surface area contributed by atoms with E-state index >= 15 is 0 Å². The first-order chi connectivity index (χ1) is 9.92. The molecule has 21 heavy (non-hydrogen) atoms. The molecular formula is C19H24O2. The van der Waals surface area contributed by atoms with Crippen LogP contribution in [0.5, 0.6) is 5.75 Å². The molecule has 1 N–H and O–H groups in total. The van der Waals surface area contributed by atoms with E-state index in [1.54, 1.807) is 7.11 Å². The van der Waals surface area contributed by atoms with Gasteiger partial charge < -0.3 is 9.84 Å². The molecule has 1 unspecified atom stereocenters. The van der Waals surface area contributed by atoms with Crippen LogP contribution in [0.1, 0.15) is 39.5 Å². The highest BCUT2D eigenvalue weighted by Gasteiger charge is 2.14. The molecule has 2 heteroatoms. The summed E-state index contributed by atoms with van der Waals surface area (Å²) in [6, 6.07) is 10.2. The van der Waals surface area contributed by atoms with Crippen LogP contribution in [0.3, 0.4) is 0 Å². The van der Waals surface area contributed by atoms with Gasteiger partial charge >= 0.3 is 0 Å². The van der Waals surface area contributed by atoms with Gasteiger partial charge in [-0.2, -0.15) is 0 Å². The third-order valence-electron chi connectivity index (χ3n) is 4.05. The maximum atomic E-state index is 10.5. The van der Waals surface area contributed by atoms with Gasteiger partial charge in [-0.1, -0.05) is 29.8 Å². The van der Waals surface area contributed by atoms with Crippen LogP contribution in [0.25, 0.3) is 0 Å². The topological polar surface area (TPSA) is 29.5 Å². The van der Waals surface area contributed by atoms with Gasteiger partial charge in [0.2, 0.25) is 0 Å². The quantitative estimate of drug-likeness (QED) is 0.911. The van der Waals surface area contributed by atoms with Crippen molar-refractivity contribution >= 4 is 0 Å². The number of aliphatic hydroxyl groups excluding tert-OH is 1. The largest absolute Gasteiger partial charge is 0.496 e. The SMILES string of the molecule is COc1cc(C(O)Cc2c(C)cc(C)cc2C)ccc1C. The van der Waals surface area contributed by atoms with Gasteiger partial charge in [-0.3, -0.25) is 0 Å². The van der Waals surface area contributed by atoms with Gasteiger partial charge in [0.1, 0.15) is 5.75 Å². The summed E-state index contributed by atoms with van der Waals surface area (Å²) in [5.41, 5.74) is 6.96. The van der Waals surface area contributed by atoms with Gasteiger partial charge in [0.15, 0.2) is 0 Å². The molecule has 0 aliphatic rings. The molecule has 2 nitrogen and oxygen atoms in total. The first kappa shape index (κ1) is 15.6. The Labute approximate surface area is 127 Å². The average Bonchev–Trinajstić information content (AvgIpc) is 2.43. The van der Waals surface area contributed by atoms with Crippen molar-refractivity contribution in [2.45, 2.75) is 40.2 Å². The van der Waals surface area contributed by atoms with E-state index in [1.807, 2.05) is 25.1 Å². The average molecular weight is 284 g/mol. The smallest absolute Gasteiger partial charge is 0.122 e. The van der Waals surface area contributed by atoms with E-state index in [4.69, 9.17) is 4.74 Å². The van der Waals surface area contributed by atoms with Gasteiger partial charge in [-0.05, 0) is 61.6 Å². The van der Waals surface area contributed by atoms with Gasteiger partial charge in [0.25, 0.3) is 0 Å². The second kappa shape index (κ2) is 6.31. The Bertz CT molecular complexity index is 621. The number of methoxy groups -OCH3 is 1. The van der Waals surface area contributed by atoms with Crippen LogP contribution in [0, 0.1) is 27.7 Å². The molecule has 0 aromatic heterocycles. The summed E-state index contributed by atoms with van der Waals surface area (Å²) in [4.78, 5) is 0. The first-order valence-corrected chi connectivity index (χ1v) is 7.31. The molecule has 0 bridgehead atoms. The van der Waals surface area contributed by atoms with E-state index in [0.29, 0.717) is 6.42 Å². The molecule has 0 fully saturated rings. The van der Waals surface area contributed by atoms with E-state index in [2.05, 4.69) is 32.9 Å². The number of aryl methyl sites for hydroxylation is 4. The molecule has 2 rings (SSSR count). The highest BCUT2D eigenvalue weighted by Crippen LogP contribution is 2.27. The van der Waals surface area contributed by atoms with E-state index < -0.39 is 6.10 Å². The number of ether oxygens (including phenoxy) is 1. The van der Waals surface area contributed by atoms with Crippen molar-refractivity contribution in [1.29, 1.82) is 0 Å². The van der Waals surface area contributed by atoms with E-state index in [9.17, 15) is 5.11 Å². The van der Waals surface area contributed by atoms with Crippen molar-refractivity contribution in [1.82, 2.24) is 0 Å². The Morgan fingerprint density at radius 1 is 0.952 bits per heavy atom. The number of aliphatic hydroxyl groups is 1. The van der Waals surface area contributed by atoms with Crippen molar-refractivity contribution < 1.29 is 9.84 Å². The summed E-state index contributed by atoms with van der Waals surface area (Å²) >= 11 is 0. The van der Waals surface area contributed by atoms with Crippen molar-refractivity contribution in [2.75, 3.05) is 7.11 Å². The number of benzene rings is 2. The van der Waals surface area contributed by atoms with Crippen molar-refractivity contribution in [3.05, 3.63) is 63.7 Å². The minimum atomic E-state index is -0.514. The Hall–Kier alpha value is -1.80. The van der Waals surface area contributed by atoms with E-state index in [1.165, 1.54) is 22.3 Å². The Balaban J connectivity index is 2.28. The minimum absolute atomic E-state index is 0.514. The zero-order valence-corrected chi connectivity index (χ0v) is 13.5. The fourth-order valence-corrected chi connectivity index (χ4v) is 2.89. The highest BCUT2D eigenvalue weighted by molar-refractivity contribution is 5.41. The lowest BCUT2D eigenvalue weighted by Gasteiger charge is -2.17. The summed E-state index contributed by atoms with van der Waals surface area (Å²) in [5, 5.41) is 10.5. The molecule has 2 aromatic rings. The molecule has 0 radical (unpaired) electrons. The van der Waals surface area contributed by atoms with Crippen LogP contribution in [0.4, 0.5) is 0 Å². The second-order valence-electron chi connectivity index (χ2n) is 5.83. The zero-order valence-electron chi connectivity index (χ0n) is 13.5. The normalized spacial score (nSPS) is 12.3. The third kappa shape index (κ3) is 3.45. The van der Waals surface area contributed by atoms with Crippen molar-refractivity contribution in [3.63, 3.8) is 0 Å². The van der Waals surface area contributed by atoms with Crippen LogP contribution >= 0.6 is 0 Å². The summed E-state index contributed by atoms with van der Waals surface area (Å²) in [6.45, 7) is 8.32. The molecule has 2 aromatic carbocycles. The number of hydrogen-bond acceptors (Lipinski definition) is 2. The van der Waals surface area contributed by atoms with Crippen LogP contribution < -0.4 is 4.74 Å².